The number of rotatable bonds is 1. The van der Waals surface area contributed by atoms with E-state index in [0.717, 1.165) is 19.6 Å². The molecular weight excluding hydrogens is 220 g/mol. The molecule has 0 aliphatic carbocycles. The number of hydrogen-bond acceptors (Lipinski definition) is 2. The minimum absolute atomic E-state index is 0.134. The molecule has 0 N–H and O–H groups in total. The van der Waals surface area contributed by atoms with Crippen molar-refractivity contribution in [1.82, 2.24) is 9.80 Å². The van der Waals surface area contributed by atoms with Gasteiger partial charge in [-0.1, -0.05) is 12.1 Å². The quantitative estimate of drug-likeness (QED) is 0.752. The molecular formula is C16H26N2. The zero-order valence-corrected chi connectivity index (χ0v) is 12.7. The fourth-order valence-corrected chi connectivity index (χ4v) is 3.12. The Bertz CT molecular complexity index is 453. The van der Waals surface area contributed by atoms with E-state index in [2.05, 4.69) is 63.7 Å². The Morgan fingerprint density at radius 2 is 1.56 bits per heavy atom. The van der Waals surface area contributed by atoms with Crippen molar-refractivity contribution in [2.24, 2.45) is 0 Å². The molecule has 18 heavy (non-hydrogen) atoms. The molecule has 2 rings (SSSR count). The van der Waals surface area contributed by atoms with Gasteiger partial charge in [-0.25, -0.2) is 0 Å². The van der Waals surface area contributed by atoms with Crippen LogP contribution in [0.4, 0.5) is 0 Å². The van der Waals surface area contributed by atoms with Crippen molar-refractivity contribution >= 4 is 0 Å². The molecule has 1 unspecified atom stereocenters. The first-order chi connectivity index (χ1) is 8.34. The highest BCUT2D eigenvalue weighted by molar-refractivity contribution is 5.40. The van der Waals surface area contributed by atoms with Gasteiger partial charge in [0.2, 0.25) is 0 Å². The Kier molecular flexibility index (Phi) is 3.52. The minimum atomic E-state index is 0.134. The minimum Gasteiger partial charge on any atom is -0.303 e. The van der Waals surface area contributed by atoms with E-state index >= 15 is 0 Å². The Labute approximate surface area is 112 Å². The molecule has 0 radical (unpaired) electrons. The first kappa shape index (κ1) is 13.6. The summed E-state index contributed by atoms with van der Waals surface area (Å²) in [6, 6.07) is 4.72. The van der Waals surface area contributed by atoms with Crippen molar-refractivity contribution in [1.29, 1.82) is 0 Å². The van der Waals surface area contributed by atoms with Crippen molar-refractivity contribution in [3.63, 3.8) is 0 Å². The van der Waals surface area contributed by atoms with Crippen LogP contribution in [-0.2, 0) is 5.54 Å². The summed E-state index contributed by atoms with van der Waals surface area (Å²) >= 11 is 0. The Morgan fingerprint density at radius 3 is 2.22 bits per heavy atom. The summed E-state index contributed by atoms with van der Waals surface area (Å²) in [5, 5.41) is 0. The summed E-state index contributed by atoms with van der Waals surface area (Å²) in [5.74, 6) is 0. The highest BCUT2D eigenvalue weighted by Gasteiger charge is 2.36. The van der Waals surface area contributed by atoms with Gasteiger partial charge in [0.25, 0.3) is 0 Å². The standard InChI is InChI=1S/C16H26N2/c1-12-9-14(3)15(10-13(12)2)16(4)11-17(5)7-8-18(16)6/h9-10H,7-8,11H2,1-6H3. The lowest BCUT2D eigenvalue weighted by molar-refractivity contribution is 0.0375. The fraction of sp³-hybridized carbons (Fsp3) is 0.625. The van der Waals surface area contributed by atoms with Gasteiger partial charge >= 0.3 is 0 Å². The van der Waals surface area contributed by atoms with Gasteiger partial charge in [-0.15, -0.1) is 0 Å². The smallest absolute Gasteiger partial charge is 0.0560 e. The van der Waals surface area contributed by atoms with Gasteiger partial charge in [-0.05, 0) is 64.0 Å². The molecule has 1 heterocycles. The number of benzene rings is 1. The lowest BCUT2D eigenvalue weighted by Gasteiger charge is -2.47. The third-order valence-corrected chi connectivity index (χ3v) is 4.66. The molecule has 0 spiro atoms. The molecule has 1 atom stereocenters. The van der Waals surface area contributed by atoms with E-state index in [1.54, 1.807) is 0 Å². The van der Waals surface area contributed by atoms with Crippen LogP contribution in [0.3, 0.4) is 0 Å². The summed E-state index contributed by atoms with van der Waals surface area (Å²) < 4.78 is 0. The molecule has 1 aliphatic rings. The van der Waals surface area contributed by atoms with Crippen LogP contribution in [0.25, 0.3) is 0 Å². The van der Waals surface area contributed by atoms with Gasteiger partial charge in [0.15, 0.2) is 0 Å². The van der Waals surface area contributed by atoms with E-state index in [9.17, 15) is 0 Å². The molecule has 0 bridgehead atoms. The highest BCUT2D eigenvalue weighted by Crippen LogP contribution is 2.34. The van der Waals surface area contributed by atoms with Gasteiger partial charge in [0.1, 0.15) is 0 Å². The van der Waals surface area contributed by atoms with E-state index in [1.807, 2.05) is 0 Å². The number of hydrogen-bond donors (Lipinski definition) is 0. The van der Waals surface area contributed by atoms with Crippen molar-refractivity contribution < 1.29 is 0 Å². The Morgan fingerprint density at radius 1 is 0.944 bits per heavy atom. The molecule has 100 valence electrons. The molecule has 0 saturated carbocycles. The monoisotopic (exact) mass is 246 g/mol. The summed E-state index contributed by atoms with van der Waals surface area (Å²) in [7, 11) is 4.48. The normalized spacial score (nSPS) is 26.6. The Balaban J connectivity index is 2.48. The maximum atomic E-state index is 2.50. The number of aryl methyl sites for hydroxylation is 3. The van der Waals surface area contributed by atoms with Crippen LogP contribution in [0, 0.1) is 20.8 Å². The lowest BCUT2D eigenvalue weighted by Crippen LogP contribution is -2.56. The molecule has 1 aromatic carbocycles. The largest absolute Gasteiger partial charge is 0.303 e. The lowest BCUT2D eigenvalue weighted by atomic mass is 9.83. The molecule has 1 fully saturated rings. The number of nitrogens with zero attached hydrogens (tertiary/aromatic N) is 2. The average molecular weight is 246 g/mol. The van der Waals surface area contributed by atoms with Crippen LogP contribution < -0.4 is 0 Å². The van der Waals surface area contributed by atoms with Crippen molar-refractivity contribution in [2.75, 3.05) is 33.7 Å². The van der Waals surface area contributed by atoms with Crippen LogP contribution >= 0.6 is 0 Å². The zero-order chi connectivity index (χ0) is 13.5. The van der Waals surface area contributed by atoms with Crippen LogP contribution in [-0.4, -0.2) is 43.5 Å². The van der Waals surface area contributed by atoms with E-state index < -0.39 is 0 Å². The summed E-state index contributed by atoms with van der Waals surface area (Å²) in [4.78, 5) is 4.94. The fourth-order valence-electron chi connectivity index (χ4n) is 3.12. The van der Waals surface area contributed by atoms with Crippen molar-refractivity contribution in [3.05, 3.63) is 34.4 Å². The highest BCUT2D eigenvalue weighted by atomic mass is 15.3. The van der Waals surface area contributed by atoms with Gasteiger partial charge in [-0.3, -0.25) is 4.90 Å². The first-order valence-corrected chi connectivity index (χ1v) is 6.82. The second-order valence-electron chi connectivity index (χ2n) is 6.18. The van der Waals surface area contributed by atoms with Crippen LogP contribution in [0.2, 0.25) is 0 Å². The van der Waals surface area contributed by atoms with E-state index in [-0.39, 0.29) is 5.54 Å². The van der Waals surface area contributed by atoms with Gasteiger partial charge in [0, 0.05) is 19.6 Å². The third kappa shape index (κ3) is 2.19. The van der Waals surface area contributed by atoms with Gasteiger partial charge in [-0.2, -0.15) is 0 Å². The summed E-state index contributed by atoms with van der Waals surface area (Å²) in [6.45, 7) is 12.4. The molecule has 1 aromatic rings. The van der Waals surface area contributed by atoms with Gasteiger partial charge in [0.05, 0.1) is 5.54 Å². The number of piperazine rings is 1. The first-order valence-electron chi connectivity index (χ1n) is 6.82. The second-order valence-corrected chi connectivity index (χ2v) is 6.18. The predicted octanol–water partition coefficient (Wildman–Crippen LogP) is 2.70. The summed E-state index contributed by atoms with van der Waals surface area (Å²) in [6.07, 6.45) is 0. The maximum absolute atomic E-state index is 2.50. The van der Waals surface area contributed by atoms with E-state index in [1.165, 1.54) is 22.3 Å². The van der Waals surface area contributed by atoms with Crippen LogP contribution in [0.1, 0.15) is 29.2 Å². The molecule has 2 heteroatoms. The van der Waals surface area contributed by atoms with Gasteiger partial charge < -0.3 is 4.90 Å². The number of likely N-dealkylation sites (N-methyl/N-ethyl adjacent to an activating group) is 2. The zero-order valence-electron chi connectivity index (χ0n) is 12.7. The summed E-state index contributed by atoms with van der Waals surface area (Å²) in [5.41, 5.74) is 5.84. The Hall–Kier alpha value is -0.860. The average Bonchev–Trinajstić information content (AvgIpc) is 2.29. The predicted molar refractivity (Wildman–Crippen MR) is 78.1 cm³/mol. The molecule has 1 aliphatic heterocycles. The van der Waals surface area contributed by atoms with E-state index in [4.69, 9.17) is 0 Å². The molecule has 1 saturated heterocycles. The van der Waals surface area contributed by atoms with Crippen LogP contribution in [0.15, 0.2) is 12.1 Å². The molecule has 0 amide bonds. The van der Waals surface area contributed by atoms with Crippen molar-refractivity contribution in [2.45, 2.75) is 33.2 Å². The second kappa shape index (κ2) is 4.67. The molecule has 0 aromatic heterocycles. The van der Waals surface area contributed by atoms with Crippen LogP contribution in [0.5, 0.6) is 0 Å². The SMILES string of the molecule is Cc1cc(C)c(C2(C)CN(C)CCN2C)cc1C. The van der Waals surface area contributed by atoms with E-state index in [0.29, 0.717) is 0 Å². The topological polar surface area (TPSA) is 6.48 Å². The van der Waals surface area contributed by atoms with Crippen molar-refractivity contribution in [3.8, 4) is 0 Å². The molecule has 2 nitrogen and oxygen atoms in total. The maximum Gasteiger partial charge on any atom is 0.0560 e. The third-order valence-electron chi connectivity index (χ3n) is 4.66.